The Morgan fingerprint density at radius 1 is 0.606 bits per heavy atom. The monoisotopic (exact) mass is 453 g/mol. The van der Waals surface area contributed by atoms with Crippen molar-refractivity contribution in [1.29, 1.82) is 0 Å². The molecule has 5 heteroatoms. The van der Waals surface area contributed by atoms with Gasteiger partial charge in [0, 0.05) is 6.54 Å². The molecule has 0 bridgehead atoms. The van der Waals surface area contributed by atoms with Crippen LogP contribution in [0.4, 0.5) is 0 Å². The minimum atomic E-state index is -3.72. The van der Waals surface area contributed by atoms with E-state index < -0.39 is 10.0 Å². The van der Waals surface area contributed by atoms with E-state index in [9.17, 15) is 8.42 Å². The Morgan fingerprint density at radius 2 is 1.03 bits per heavy atom. The highest BCUT2D eigenvalue weighted by Gasteiger charge is 2.34. The zero-order valence-corrected chi connectivity index (χ0v) is 19.7. The lowest BCUT2D eigenvalue weighted by molar-refractivity contribution is 0.522. The number of aryl methyl sites for hydroxylation is 1. The molecule has 0 aliphatic carbocycles. The molecule has 4 aromatic rings. The van der Waals surface area contributed by atoms with E-state index in [1.54, 1.807) is 16.3 Å². The highest BCUT2D eigenvalue weighted by Crippen LogP contribution is 2.24. The Bertz CT molecular complexity index is 1200. The van der Waals surface area contributed by atoms with E-state index >= 15 is 0 Å². The lowest BCUT2D eigenvalue weighted by Crippen LogP contribution is -2.46. The van der Waals surface area contributed by atoms with Gasteiger partial charge in [-0.2, -0.15) is 0 Å². The molecule has 4 aromatic carbocycles. The first-order valence-electron chi connectivity index (χ1n) is 11.2. The molecule has 166 valence electrons. The molecule has 0 aromatic heterocycles. The van der Waals surface area contributed by atoms with E-state index in [4.69, 9.17) is 0 Å². The SMILES string of the molecule is Cc1ccc(S(=O)(=O)N(Cc2ccccc2)B(Cc2ccccc2)Cc2ccccc2)cc1. The zero-order chi connectivity index (χ0) is 23.1. The van der Waals surface area contributed by atoms with Gasteiger partial charge in [0.1, 0.15) is 0 Å². The molecule has 4 rings (SSSR count). The minimum absolute atomic E-state index is 0.235. The van der Waals surface area contributed by atoms with Crippen LogP contribution in [0.3, 0.4) is 0 Å². The largest absolute Gasteiger partial charge is 0.251 e. The summed E-state index contributed by atoms with van der Waals surface area (Å²) < 4.78 is 29.7. The van der Waals surface area contributed by atoms with Gasteiger partial charge >= 0.3 is 0 Å². The maximum Gasteiger partial charge on any atom is 0.251 e. The summed E-state index contributed by atoms with van der Waals surface area (Å²) in [6.07, 6.45) is 1.27. The van der Waals surface area contributed by atoms with Crippen LogP contribution in [0.5, 0.6) is 0 Å². The third kappa shape index (κ3) is 6.01. The quantitative estimate of drug-likeness (QED) is 0.303. The van der Waals surface area contributed by atoms with Crippen LogP contribution in [0.25, 0.3) is 0 Å². The molecule has 0 N–H and O–H groups in total. The Balaban J connectivity index is 1.78. The number of rotatable bonds is 9. The number of hydrogen-bond acceptors (Lipinski definition) is 2. The third-order valence-electron chi connectivity index (χ3n) is 5.84. The molecule has 0 heterocycles. The van der Waals surface area contributed by atoms with E-state index in [1.807, 2.05) is 85.8 Å². The third-order valence-corrected chi connectivity index (χ3v) is 7.76. The fourth-order valence-corrected chi connectivity index (χ4v) is 5.68. The van der Waals surface area contributed by atoms with Gasteiger partial charge in [-0.1, -0.05) is 120 Å². The first-order chi connectivity index (χ1) is 16.0. The standard InChI is InChI=1S/C28H28BNO2S/c1-24-17-19-28(20-18-24)33(31,32)30(23-27-15-9-4-10-16-27)29(21-25-11-5-2-6-12-25)22-26-13-7-3-8-14-26/h2-20H,21-23H2,1H3. The first-order valence-corrected chi connectivity index (χ1v) is 12.7. The number of sulfonamides is 1. The summed E-state index contributed by atoms with van der Waals surface area (Å²) >= 11 is 0. The van der Waals surface area contributed by atoms with Crippen LogP contribution in [-0.2, 0) is 29.2 Å². The smallest absolute Gasteiger partial charge is 0.233 e. The van der Waals surface area contributed by atoms with Gasteiger partial charge in [-0.05, 0) is 37.3 Å². The van der Waals surface area contributed by atoms with Gasteiger partial charge in [-0.15, -0.1) is 0 Å². The van der Waals surface area contributed by atoms with Gasteiger partial charge in [0.15, 0.2) is 0 Å². The lowest BCUT2D eigenvalue weighted by atomic mass is 9.53. The van der Waals surface area contributed by atoms with Gasteiger partial charge in [-0.3, -0.25) is 0 Å². The Morgan fingerprint density at radius 3 is 1.48 bits per heavy atom. The summed E-state index contributed by atoms with van der Waals surface area (Å²) in [7, 11) is -3.72. The highest BCUT2D eigenvalue weighted by atomic mass is 32.2. The van der Waals surface area contributed by atoms with Crippen molar-refractivity contribution in [2.45, 2.75) is 31.0 Å². The highest BCUT2D eigenvalue weighted by molar-refractivity contribution is 7.90. The zero-order valence-electron chi connectivity index (χ0n) is 18.8. The molecule has 0 radical (unpaired) electrons. The predicted octanol–water partition coefficient (Wildman–Crippen LogP) is 5.74. The summed E-state index contributed by atoms with van der Waals surface area (Å²) in [5, 5.41) is 0. The first kappa shape index (κ1) is 23.0. The van der Waals surface area contributed by atoms with E-state index in [0.717, 1.165) is 22.3 Å². The molecule has 0 unspecified atom stereocenters. The maximum atomic E-state index is 14.0. The fourth-order valence-electron chi connectivity index (χ4n) is 4.07. The van der Waals surface area contributed by atoms with Crippen LogP contribution < -0.4 is 0 Å². The van der Waals surface area contributed by atoms with E-state index in [1.165, 1.54) is 0 Å². The Hall–Kier alpha value is -3.15. The average Bonchev–Trinajstić information content (AvgIpc) is 2.84. The van der Waals surface area contributed by atoms with Crippen LogP contribution in [0.15, 0.2) is 120 Å². The van der Waals surface area contributed by atoms with Crippen molar-refractivity contribution >= 4 is 16.9 Å². The number of benzene rings is 4. The van der Waals surface area contributed by atoms with Gasteiger partial charge in [0.25, 0.3) is 6.85 Å². The van der Waals surface area contributed by atoms with Crippen LogP contribution in [0, 0.1) is 6.92 Å². The molecule has 0 aliphatic rings. The van der Waals surface area contributed by atoms with Crippen molar-refractivity contribution < 1.29 is 8.42 Å². The van der Waals surface area contributed by atoms with Crippen molar-refractivity contribution in [3.8, 4) is 0 Å². The summed E-state index contributed by atoms with van der Waals surface area (Å²) in [6.45, 7) is 2.05. The average molecular weight is 453 g/mol. The molecule has 0 aliphatic heterocycles. The van der Waals surface area contributed by atoms with Crippen LogP contribution in [-0.4, -0.2) is 19.5 Å². The van der Waals surface area contributed by atoms with Crippen LogP contribution >= 0.6 is 0 Å². The fraction of sp³-hybridized carbons (Fsp3) is 0.143. The molecule has 0 fully saturated rings. The van der Waals surface area contributed by atoms with Crippen molar-refractivity contribution in [1.82, 2.24) is 4.22 Å². The topological polar surface area (TPSA) is 37.4 Å². The normalized spacial score (nSPS) is 11.5. The predicted molar refractivity (Wildman–Crippen MR) is 136 cm³/mol. The molecule has 3 nitrogen and oxygen atoms in total. The van der Waals surface area contributed by atoms with E-state index in [-0.39, 0.29) is 6.85 Å². The van der Waals surface area contributed by atoms with Gasteiger partial charge in [0.05, 0.1) is 4.90 Å². The molecule has 0 amide bonds. The van der Waals surface area contributed by atoms with Crippen molar-refractivity contribution in [3.05, 3.63) is 138 Å². The molecular weight excluding hydrogens is 425 g/mol. The molecule has 0 saturated carbocycles. The van der Waals surface area contributed by atoms with Gasteiger partial charge < -0.3 is 0 Å². The lowest BCUT2D eigenvalue weighted by Gasteiger charge is -2.29. The second kappa shape index (κ2) is 10.6. The second-order valence-electron chi connectivity index (χ2n) is 8.38. The summed E-state index contributed by atoms with van der Waals surface area (Å²) in [6, 6.07) is 37.2. The molecule has 0 spiro atoms. The number of nitrogens with zero attached hydrogens (tertiary/aromatic N) is 1. The van der Waals surface area contributed by atoms with Crippen LogP contribution in [0.2, 0.25) is 0 Å². The van der Waals surface area contributed by atoms with Crippen LogP contribution in [0.1, 0.15) is 22.3 Å². The van der Waals surface area contributed by atoms with Crippen molar-refractivity contribution in [3.63, 3.8) is 0 Å². The minimum Gasteiger partial charge on any atom is -0.233 e. The Kier molecular flexibility index (Phi) is 7.43. The van der Waals surface area contributed by atoms with E-state index in [0.29, 0.717) is 24.1 Å². The summed E-state index contributed by atoms with van der Waals surface area (Å²) in [5.74, 6) is 0. The van der Waals surface area contributed by atoms with Gasteiger partial charge in [-0.25, -0.2) is 12.6 Å². The number of hydrogen-bond donors (Lipinski definition) is 0. The molecular formula is C28H28BNO2S. The maximum absolute atomic E-state index is 14.0. The van der Waals surface area contributed by atoms with E-state index in [2.05, 4.69) is 24.3 Å². The summed E-state index contributed by atoms with van der Waals surface area (Å²) in [5.41, 5.74) is 4.25. The summed E-state index contributed by atoms with van der Waals surface area (Å²) in [4.78, 5) is 0.329. The molecule has 0 atom stereocenters. The van der Waals surface area contributed by atoms with Gasteiger partial charge in [0.2, 0.25) is 10.0 Å². The Labute approximate surface area is 197 Å². The molecule has 0 saturated heterocycles. The second-order valence-corrected chi connectivity index (χ2v) is 10.3. The van der Waals surface area contributed by atoms with Crippen molar-refractivity contribution in [2.24, 2.45) is 0 Å². The molecule has 33 heavy (non-hydrogen) atoms. The van der Waals surface area contributed by atoms with Crippen molar-refractivity contribution in [2.75, 3.05) is 0 Å².